The van der Waals surface area contributed by atoms with Gasteiger partial charge in [-0.15, -0.1) is 0 Å². The number of likely N-dealkylation sites (N-methyl/N-ethyl adjacent to an activating group) is 1. The summed E-state index contributed by atoms with van der Waals surface area (Å²) in [5.41, 5.74) is 6.04. The van der Waals surface area contributed by atoms with Gasteiger partial charge < -0.3 is 15.5 Å². The Balaban J connectivity index is 3.42. The Labute approximate surface area is 95.6 Å². The molecule has 0 heterocycles. The van der Waals surface area contributed by atoms with Crippen molar-refractivity contribution in [1.29, 1.82) is 0 Å². The van der Waals surface area contributed by atoms with Crippen molar-refractivity contribution >= 4 is 0 Å². The van der Waals surface area contributed by atoms with Gasteiger partial charge >= 0.3 is 0 Å². The van der Waals surface area contributed by atoms with Crippen LogP contribution in [-0.4, -0.2) is 56.6 Å². The summed E-state index contributed by atoms with van der Waals surface area (Å²) in [5, 5.41) is 0. The number of nitrogens with two attached hydrogens (primary N) is 1. The summed E-state index contributed by atoms with van der Waals surface area (Å²) in [4.78, 5) is 4.58. The van der Waals surface area contributed by atoms with Crippen LogP contribution in [0.4, 0.5) is 0 Å². The van der Waals surface area contributed by atoms with Crippen LogP contribution in [0, 0.1) is 0 Å². The summed E-state index contributed by atoms with van der Waals surface area (Å²) in [6, 6.07) is 0.356. The molecule has 0 aromatic rings. The van der Waals surface area contributed by atoms with Crippen molar-refractivity contribution < 1.29 is 0 Å². The van der Waals surface area contributed by atoms with Gasteiger partial charge in [-0.3, -0.25) is 0 Å². The van der Waals surface area contributed by atoms with Crippen LogP contribution >= 0.6 is 0 Å². The summed E-state index contributed by atoms with van der Waals surface area (Å²) in [6.45, 7) is 5.56. The van der Waals surface area contributed by atoms with E-state index in [2.05, 4.69) is 37.9 Å². The van der Waals surface area contributed by atoms with E-state index in [4.69, 9.17) is 5.73 Å². The van der Waals surface area contributed by atoms with Gasteiger partial charge in [0.2, 0.25) is 0 Å². The second-order valence-corrected chi connectivity index (χ2v) is 4.82. The monoisotopic (exact) mass is 215 g/mol. The molecule has 1 atom stereocenters. The quantitative estimate of drug-likeness (QED) is 0.631. The summed E-state index contributed by atoms with van der Waals surface area (Å²) < 4.78 is 0. The first-order valence-electron chi connectivity index (χ1n) is 6.15. The van der Waals surface area contributed by atoms with Crippen molar-refractivity contribution in [2.45, 2.75) is 38.6 Å². The molecule has 0 aliphatic carbocycles. The van der Waals surface area contributed by atoms with Crippen LogP contribution in [0.25, 0.3) is 0 Å². The van der Waals surface area contributed by atoms with Crippen LogP contribution < -0.4 is 5.73 Å². The molecule has 0 bridgehead atoms. The standard InChI is InChI=1S/C12H29N3/c1-5-6-8-12(13)11-15(4)10-7-9-14(2)3/h12H,5-11,13H2,1-4H3. The lowest BCUT2D eigenvalue weighted by Gasteiger charge is -2.21. The minimum Gasteiger partial charge on any atom is -0.327 e. The highest BCUT2D eigenvalue weighted by Crippen LogP contribution is 2.00. The molecule has 0 spiro atoms. The van der Waals surface area contributed by atoms with Gasteiger partial charge in [-0.1, -0.05) is 19.8 Å². The van der Waals surface area contributed by atoms with Crippen molar-refractivity contribution in [3.63, 3.8) is 0 Å². The largest absolute Gasteiger partial charge is 0.327 e. The second-order valence-electron chi connectivity index (χ2n) is 4.82. The van der Waals surface area contributed by atoms with Gasteiger partial charge in [-0.25, -0.2) is 0 Å². The highest BCUT2D eigenvalue weighted by molar-refractivity contribution is 4.66. The van der Waals surface area contributed by atoms with Crippen molar-refractivity contribution in [2.24, 2.45) is 5.73 Å². The predicted octanol–water partition coefficient (Wildman–Crippen LogP) is 1.39. The van der Waals surface area contributed by atoms with Crippen LogP contribution in [0.3, 0.4) is 0 Å². The number of hydrogen-bond acceptors (Lipinski definition) is 3. The summed E-state index contributed by atoms with van der Waals surface area (Å²) in [7, 11) is 6.40. The molecule has 0 saturated heterocycles. The molecule has 0 aliphatic heterocycles. The Hall–Kier alpha value is -0.120. The van der Waals surface area contributed by atoms with Gasteiger partial charge in [0, 0.05) is 12.6 Å². The van der Waals surface area contributed by atoms with E-state index >= 15 is 0 Å². The molecule has 0 rings (SSSR count). The second kappa shape index (κ2) is 9.13. The molecule has 15 heavy (non-hydrogen) atoms. The van der Waals surface area contributed by atoms with Crippen molar-refractivity contribution in [1.82, 2.24) is 9.80 Å². The first kappa shape index (κ1) is 14.9. The Bertz CT molecular complexity index is 137. The highest BCUT2D eigenvalue weighted by atomic mass is 15.1. The van der Waals surface area contributed by atoms with E-state index in [0.29, 0.717) is 6.04 Å². The third-order valence-corrected chi connectivity index (χ3v) is 2.62. The zero-order valence-electron chi connectivity index (χ0n) is 11.0. The molecule has 0 aliphatic rings. The average Bonchev–Trinajstić information content (AvgIpc) is 2.14. The Morgan fingerprint density at radius 2 is 1.73 bits per heavy atom. The van der Waals surface area contributed by atoms with Gasteiger partial charge in [0.25, 0.3) is 0 Å². The summed E-state index contributed by atoms with van der Waals surface area (Å²) in [6.07, 6.45) is 4.89. The molecule has 3 nitrogen and oxygen atoms in total. The maximum Gasteiger partial charge on any atom is 0.0167 e. The van der Waals surface area contributed by atoms with Crippen LogP contribution in [0.15, 0.2) is 0 Å². The molecule has 0 radical (unpaired) electrons. The molecule has 3 heteroatoms. The van der Waals surface area contributed by atoms with Gasteiger partial charge in [0.1, 0.15) is 0 Å². The van der Waals surface area contributed by atoms with Crippen LogP contribution in [0.5, 0.6) is 0 Å². The lowest BCUT2D eigenvalue weighted by Crippen LogP contribution is -2.36. The summed E-state index contributed by atoms with van der Waals surface area (Å²) in [5.74, 6) is 0. The Morgan fingerprint density at radius 1 is 1.07 bits per heavy atom. The molecule has 0 aromatic carbocycles. The van der Waals surface area contributed by atoms with E-state index in [0.717, 1.165) is 26.1 Å². The Morgan fingerprint density at radius 3 is 2.27 bits per heavy atom. The van der Waals surface area contributed by atoms with Crippen molar-refractivity contribution in [2.75, 3.05) is 40.8 Å². The molecule has 0 fully saturated rings. The van der Waals surface area contributed by atoms with Crippen LogP contribution in [0.1, 0.15) is 32.6 Å². The number of hydrogen-bond donors (Lipinski definition) is 1. The highest BCUT2D eigenvalue weighted by Gasteiger charge is 2.05. The van der Waals surface area contributed by atoms with Gasteiger partial charge in [-0.05, 0) is 47.1 Å². The fraction of sp³-hybridized carbons (Fsp3) is 1.00. The third-order valence-electron chi connectivity index (χ3n) is 2.62. The van der Waals surface area contributed by atoms with E-state index < -0.39 is 0 Å². The maximum absolute atomic E-state index is 6.04. The molecule has 0 amide bonds. The molecule has 1 unspecified atom stereocenters. The lowest BCUT2D eigenvalue weighted by molar-refractivity contribution is 0.279. The Kier molecular flexibility index (Phi) is 9.06. The fourth-order valence-corrected chi connectivity index (χ4v) is 1.71. The van der Waals surface area contributed by atoms with Crippen LogP contribution in [0.2, 0.25) is 0 Å². The van der Waals surface area contributed by atoms with E-state index in [9.17, 15) is 0 Å². The average molecular weight is 215 g/mol. The van der Waals surface area contributed by atoms with E-state index in [-0.39, 0.29) is 0 Å². The summed E-state index contributed by atoms with van der Waals surface area (Å²) >= 11 is 0. The van der Waals surface area contributed by atoms with Gasteiger partial charge in [-0.2, -0.15) is 0 Å². The molecule has 0 saturated carbocycles. The van der Waals surface area contributed by atoms with Gasteiger partial charge in [0.05, 0.1) is 0 Å². The molecular weight excluding hydrogens is 186 g/mol. The lowest BCUT2D eigenvalue weighted by atomic mass is 10.1. The smallest absolute Gasteiger partial charge is 0.0167 e. The van der Waals surface area contributed by atoms with Crippen LogP contribution in [-0.2, 0) is 0 Å². The first-order valence-corrected chi connectivity index (χ1v) is 6.15. The topological polar surface area (TPSA) is 32.5 Å². The third kappa shape index (κ3) is 10.2. The van der Waals surface area contributed by atoms with Gasteiger partial charge in [0.15, 0.2) is 0 Å². The van der Waals surface area contributed by atoms with Crippen molar-refractivity contribution in [3.8, 4) is 0 Å². The number of rotatable bonds is 9. The minimum atomic E-state index is 0.356. The molecule has 92 valence electrons. The van der Waals surface area contributed by atoms with E-state index in [1.165, 1.54) is 19.3 Å². The molecule has 0 aromatic heterocycles. The fourth-order valence-electron chi connectivity index (χ4n) is 1.71. The number of unbranched alkanes of at least 4 members (excludes halogenated alkanes) is 1. The first-order chi connectivity index (χ1) is 7.06. The molecular formula is C12H29N3. The minimum absolute atomic E-state index is 0.356. The zero-order valence-corrected chi connectivity index (χ0v) is 11.0. The normalized spacial score (nSPS) is 13.8. The SMILES string of the molecule is CCCCC(N)CN(C)CCCN(C)C. The zero-order chi connectivity index (χ0) is 11.7. The van der Waals surface area contributed by atoms with E-state index in [1.54, 1.807) is 0 Å². The van der Waals surface area contributed by atoms with E-state index in [1.807, 2.05) is 0 Å². The number of nitrogens with zero attached hydrogens (tertiary/aromatic N) is 2. The molecule has 2 N–H and O–H groups in total. The maximum atomic E-state index is 6.04. The van der Waals surface area contributed by atoms with Crippen molar-refractivity contribution in [3.05, 3.63) is 0 Å². The predicted molar refractivity (Wildman–Crippen MR) is 68.2 cm³/mol.